The quantitative estimate of drug-likeness (QED) is 0.193. The fourth-order valence-electron chi connectivity index (χ4n) is 10.1. The molecule has 6 nitrogen and oxygen atoms in total. The fraction of sp³-hybridized carbons (Fsp3) is 0.0175. The molecule has 1 N–H and O–H groups in total. The van der Waals surface area contributed by atoms with Crippen LogP contribution in [-0.2, 0) is 0 Å². The molecule has 0 saturated heterocycles. The van der Waals surface area contributed by atoms with Crippen molar-refractivity contribution in [2.24, 2.45) is 9.98 Å². The normalized spacial score (nSPS) is 14.5. The Morgan fingerprint density at radius 1 is 0.429 bits per heavy atom. The lowest BCUT2D eigenvalue weighted by molar-refractivity contribution is 0.629. The van der Waals surface area contributed by atoms with Gasteiger partial charge in [0.25, 0.3) is 0 Å². The summed E-state index contributed by atoms with van der Waals surface area (Å²) in [5.41, 5.74) is 9.23. The van der Waals surface area contributed by atoms with E-state index in [1.807, 2.05) is 12.1 Å². The second kappa shape index (κ2) is 13.0. The zero-order chi connectivity index (χ0) is 41.2. The molecule has 6 heteroatoms. The number of benzene rings is 10. The summed E-state index contributed by atoms with van der Waals surface area (Å²) in [5.74, 6) is 1.35. The first-order chi connectivity index (χ1) is 31.2. The minimum absolute atomic E-state index is 0.514. The number of hydrogen-bond donors (Lipinski definition) is 1. The highest BCUT2D eigenvalue weighted by atomic mass is 16.3. The van der Waals surface area contributed by atoms with E-state index in [9.17, 15) is 0 Å². The maximum absolute atomic E-state index is 7.13. The van der Waals surface area contributed by atoms with Crippen molar-refractivity contribution in [1.82, 2.24) is 9.88 Å². The Labute approximate surface area is 359 Å². The van der Waals surface area contributed by atoms with Crippen LogP contribution in [0.15, 0.2) is 213 Å². The van der Waals surface area contributed by atoms with Crippen LogP contribution < -0.4 is 5.32 Å². The first-order valence-electron chi connectivity index (χ1n) is 21.3. The monoisotopic (exact) mass is 806 g/mol. The third-order valence-corrected chi connectivity index (χ3v) is 13.0. The lowest BCUT2D eigenvalue weighted by atomic mass is 10.0. The van der Waals surface area contributed by atoms with E-state index in [4.69, 9.17) is 18.8 Å². The van der Waals surface area contributed by atoms with E-state index in [-0.39, 0.29) is 0 Å². The predicted molar refractivity (Wildman–Crippen MR) is 260 cm³/mol. The number of fused-ring (bicyclic) bond motifs is 13. The third-order valence-electron chi connectivity index (χ3n) is 13.0. The maximum Gasteiger partial charge on any atom is 0.159 e. The van der Waals surface area contributed by atoms with Gasteiger partial charge in [0.05, 0.1) is 16.7 Å². The summed E-state index contributed by atoms with van der Waals surface area (Å²) in [7, 11) is 0. The van der Waals surface area contributed by atoms with Crippen molar-refractivity contribution in [2.45, 2.75) is 6.17 Å². The minimum Gasteiger partial charge on any atom is -0.456 e. The number of para-hydroxylation sites is 3. The van der Waals surface area contributed by atoms with Crippen molar-refractivity contribution in [1.29, 1.82) is 0 Å². The number of rotatable bonds is 4. The summed E-state index contributed by atoms with van der Waals surface area (Å²) in [4.78, 5) is 11.0. The molecule has 0 radical (unpaired) electrons. The number of nitrogens with zero attached hydrogens (tertiary/aromatic N) is 3. The lowest BCUT2D eigenvalue weighted by Gasteiger charge is -2.24. The van der Waals surface area contributed by atoms with Crippen LogP contribution >= 0.6 is 0 Å². The summed E-state index contributed by atoms with van der Waals surface area (Å²) in [6.45, 7) is 0. The topological polar surface area (TPSA) is 68.0 Å². The molecule has 294 valence electrons. The van der Waals surface area contributed by atoms with Crippen molar-refractivity contribution in [3.05, 3.63) is 211 Å². The van der Waals surface area contributed by atoms with Gasteiger partial charge in [-0.05, 0) is 69.4 Å². The number of amidine groups is 2. The minimum atomic E-state index is -0.514. The highest BCUT2D eigenvalue weighted by molar-refractivity contribution is 6.22. The first-order valence-corrected chi connectivity index (χ1v) is 21.3. The summed E-state index contributed by atoms with van der Waals surface area (Å²) >= 11 is 0. The highest BCUT2D eigenvalue weighted by Gasteiger charge is 2.28. The van der Waals surface area contributed by atoms with Crippen molar-refractivity contribution in [3.8, 4) is 5.69 Å². The summed E-state index contributed by atoms with van der Waals surface area (Å²) in [6, 6.07) is 68.5. The Morgan fingerprint density at radius 3 is 1.97 bits per heavy atom. The second-order valence-electron chi connectivity index (χ2n) is 16.5. The van der Waals surface area contributed by atoms with Crippen LogP contribution in [0.25, 0.3) is 104 Å². The molecule has 1 aliphatic rings. The average molecular weight is 807 g/mol. The summed E-state index contributed by atoms with van der Waals surface area (Å²) in [5, 5.41) is 17.1. The van der Waals surface area contributed by atoms with Gasteiger partial charge in [0, 0.05) is 54.4 Å². The zero-order valence-corrected chi connectivity index (χ0v) is 33.7. The van der Waals surface area contributed by atoms with Crippen LogP contribution in [-0.4, -0.2) is 16.2 Å². The first kappa shape index (κ1) is 34.3. The molecule has 10 aromatic carbocycles. The second-order valence-corrected chi connectivity index (χ2v) is 16.5. The van der Waals surface area contributed by atoms with Gasteiger partial charge >= 0.3 is 0 Å². The van der Waals surface area contributed by atoms with Crippen LogP contribution in [0.5, 0.6) is 0 Å². The smallest absolute Gasteiger partial charge is 0.159 e. The zero-order valence-electron chi connectivity index (χ0n) is 33.7. The van der Waals surface area contributed by atoms with Gasteiger partial charge in [-0.15, -0.1) is 0 Å². The van der Waals surface area contributed by atoms with E-state index in [2.05, 4.69) is 192 Å². The molecule has 13 aromatic rings. The Morgan fingerprint density at radius 2 is 1.10 bits per heavy atom. The van der Waals surface area contributed by atoms with Crippen LogP contribution in [0.3, 0.4) is 0 Å². The average Bonchev–Trinajstić information content (AvgIpc) is 4.02. The molecule has 1 unspecified atom stereocenters. The molecule has 0 amide bonds. The largest absolute Gasteiger partial charge is 0.456 e. The molecule has 63 heavy (non-hydrogen) atoms. The van der Waals surface area contributed by atoms with Crippen LogP contribution in [0.2, 0.25) is 0 Å². The van der Waals surface area contributed by atoms with Crippen molar-refractivity contribution in [3.63, 3.8) is 0 Å². The standard InChI is InChI=1S/C57H34N4O2/c1-2-16-36-31-49-46(29-35(36)15-1)40-20-7-9-25-48(40)61(49)50-32-37(30-47-43-28-27-34-14-4-6-19-39(34)52(43)63-54(47)50)55-58-56(44-23-11-17-33-13-3-5-18-38(33)44)60-57(59-55)45-24-12-22-42-41-21-8-10-26-51(41)62-53(42)45/h1-32,57H,(H,58,59,60). The van der Waals surface area contributed by atoms with E-state index in [1.165, 1.54) is 21.5 Å². The fourth-order valence-corrected chi connectivity index (χ4v) is 10.1. The molecule has 0 aliphatic carbocycles. The van der Waals surface area contributed by atoms with E-state index in [0.29, 0.717) is 5.84 Å². The van der Waals surface area contributed by atoms with Crippen LogP contribution in [0.4, 0.5) is 0 Å². The molecular weight excluding hydrogens is 773 g/mol. The van der Waals surface area contributed by atoms with E-state index in [0.717, 1.165) is 105 Å². The summed E-state index contributed by atoms with van der Waals surface area (Å²) in [6.07, 6.45) is -0.514. The lowest BCUT2D eigenvalue weighted by Crippen LogP contribution is -2.33. The van der Waals surface area contributed by atoms with E-state index >= 15 is 0 Å². The molecule has 0 bridgehead atoms. The number of hydrogen-bond acceptors (Lipinski definition) is 5. The van der Waals surface area contributed by atoms with Gasteiger partial charge in [0.15, 0.2) is 17.6 Å². The van der Waals surface area contributed by atoms with Crippen molar-refractivity contribution in [2.75, 3.05) is 0 Å². The molecule has 3 aromatic heterocycles. The molecule has 0 fully saturated rings. The Bertz CT molecular complexity index is 4140. The van der Waals surface area contributed by atoms with Crippen LogP contribution in [0.1, 0.15) is 22.9 Å². The van der Waals surface area contributed by atoms with Gasteiger partial charge in [0.2, 0.25) is 0 Å². The molecular formula is C57H34N4O2. The number of aromatic nitrogens is 1. The van der Waals surface area contributed by atoms with Gasteiger partial charge in [-0.3, -0.25) is 0 Å². The Kier molecular flexibility index (Phi) is 7.07. The van der Waals surface area contributed by atoms with Gasteiger partial charge in [0.1, 0.15) is 22.6 Å². The number of nitrogens with one attached hydrogen (secondary N) is 1. The molecule has 0 spiro atoms. The molecule has 14 rings (SSSR count). The SMILES string of the molecule is c1ccc2cc3c(cc2c1)c1ccccc1n3-c1cc(C2=NC(c3cccc4c3oc3ccccc34)NC(c3cccc4ccccc34)=N2)cc2c1oc1c3ccccc3ccc21. The summed E-state index contributed by atoms with van der Waals surface area (Å²) < 4.78 is 16.1. The van der Waals surface area contributed by atoms with E-state index < -0.39 is 6.17 Å². The third kappa shape index (κ3) is 5.06. The molecule has 1 aliphatic heterocycles. The molecule has 1 atom stereocenters. The predicted octanol–water partition coefficient (Wildman–Crippen LogP) is 14.5. The number of furan rings is 2. The molecule has 0 saturated carbocycles. The Hall–Kier alpha value is -8.48. The van der Waals surface area contributed by atoms with E-state index in [1.54, 1.807) is 0 Å². The van der Waals surface area contributed by atoms with Gasteiger partial charge < -0.3 is 18.7 Å². The number of aliphatic imine (C=N–C) groups is 2. The maximum atomic E-state index is 7.13. The Balaban J connectivity index is 1.09. The molecule has 4 heterocycles. The van der Waals surface area contributed by atoms with Crippen molar-refractivity contribution >= 4 is 110 Å². The van der Waals surface area contributed by atoms with Gasteiger partial charge in [-0.2, -0.15) is 0 Å². The van der Waals surface area contributed by atoms with Gasteiger partial charge in [-0.1, -0.05) is 152 Å². The van der Waals surface area contributed by atoms with Crippen molar-refractivity contribution < 1.29 is 8.83 Å². The van der Waals surface area contributed by atoms with Gasteiger partial charge in [-0.25, -0.2) is 9.98 Å². The van der Waals surface area contributed by atoms with Crippen LogP contribution in [0, 0.1) is 0 Å². The highest BCUT2D eigenvalue weighted by Crippen LogP contribution is 2.43.